The average molecular weight is 159 g/mol. The van der Waals surface area contributed by atoms with Crippen molar-refractivity contribution in [3.63, 3.8) is 0 Å². The summed E-state index contributed by atoms with van der Waals surface area (Å²) in [4.78, 5) is 20.6. The van der Waals surface area contributed by atoms with Crippen LogP contribution in [0.3, 0.4) is 0 Å². The topological polar surface area (TPSA) is 80.4 Å². The van der Waals surface area contributed by atoms with E-state index in [9.17, 15) is 9.59 Å². The third kappa shape index (κ3) is 3.72. The summed E-state index contributed by atoms with van der Waals surface area (Å²) in [5, 5.41) is 8.21. The molecule has 4 heteroatoms. The standard InChI is InChI=1S/C7H13NO3/c1-4(2)5(8)3-6(9)7(10)11/h4-5H,3,8H2,1-2H3,(H,10,11). The first kappa shape index (κ1) is 10.1. The lowest BCUT2D eigenvalue weighted by Gasteiger charge is -2.12. The quantitative estimate of drug-likeness (QED) is 0.566. The van der Waals surface area contributed by atoms with Crippen molar-refractivity contribution in [3.8, 4) is 0 Å². The van der Waals surface area contributed by atoms with Crippen molar-refractivity contribution >= 4 is 11.8 Å². The first-order valence-electron chi connectivity index (χ1n) is 3.47. The van der Waals surface area contributed by atoms with Crippen molar-refractivity contribution in [1.82, 2.24) is 0 Å². The minimum atomic E-state index is -1.40. The SMILES string of the molecule is CC(C)C(N)CC(=O)C(=O)O. The van der Waals surface area contributed by atoms with Gasteiger partial charge in [-0.3, -0.25) is 4.79 Å². The Bertz CT molecular complexity index is 165. The fraction of sp³-hybridized carbons (Fsp3) is 0.714. The van der Waals surface area contributed by atoms with Gasteiger partial charge in [0.25, 0.3) is 0 Å². The Kier molecular flexibility index (Phi) is 3.74. The van der Waals surface area contributed by atoms with Gasteiger partial charge in [-0.1, -0.05) is 13.8 Å². The Morgan fingerprint density at radius 1 is 1.45 bits per heavy atom. The molecule has 0 heterocycles. The number of rotatable bonds is 4. The molecule has 0 aromatic heterocycles. The molecule has 0 radical (unpaired) electrons. The van der Waals surface area contributed by atoms with Crippen LogP contribution in [0, 0.1) is 5.92 Å². The summed E-state index contributed by atoms with van der Waals surface area (Å²) < 4.78 is 0. The molecule has 0 aliphatic carbocycles. The van der Waals surface area contributed by atoms with E-state index < -0.39 is 11.8 Å². The predicted octanol–water partition coefficient (Wildman–Crippen LogP) is 0.0135. The van der Waals surface area contributed by atoms with Gasteiger partial charge < -0.3 is 10.8 Å². The maximum Gasteiger partial charge on any atom is 0.372 e. The molecular weight excluding hydrogens is 146 g/mol. The van der Waals surface area contributed by atoms with E-state index >= 15 is 0 Å². The van der Waals surface area contributed by atoms with E-state index in [1.165, 1.54) is 0 Å². The average Bonchev–Trinajstić information content (AvgIpc) is 1.87. The van der Waals surface area contributed by atoms with Gasteiger partial charge in [0.15, 0.2) is 0 Å². The predicted molar refractivity (Wildman–Crippen MR) is 40.1 cm³/mol. The fourth-order valence-corrected chi connectivity index (χ4v) is 0.537. The Balaban J connectivity index is 3.85. The van der Waals surface area contributed by atoms with Crippen LogP contribution in [0.4, 0.5) is 0 Å². The molecule has 0 saturated carbocycles. The maximum atomic E-state index is 10.6. The zero-order chi connectivity index (χ0) is 9.02. The summed E-state index contributed by atoms with van der Waals surface area (Å²) in [6.45, 7) is 3.69. The Morgan fingerprint density at radius 3 is 2.18 bits per heavy atom. The summed E-state index contributed by atoms with van der Waals surface area (Å²) in [6, 6.07) is -0.349. The van der Waals surface area contributed by atoms with Crippen LogP contribution >= 0.6 is 0 Å². The van der Waals surface area contributed by atoms with E-state index in [1.807, 2.05) is 13.8 Å². The molecule has 0 aromatic carbocycles. The van der Waals surface area contributed by atoms with E-state index in [0.29, 0.717) is 0 Å². The largest absolute Gasteiger partial charge is 0.476 e. The number of aliphatic carboxylic acids is 1. The highest BCUT2D eigenvalue weighted by Crippen LogP contribution is 2.02. The summed E-state index contributed by atoms with van der Waals surface area (Å²) in [5.41, 5.74) is 5.47. The lowest BCUT2D eigenvalue weighted by molar-refractivity contribution is -0.149. The van der Waals surface area contributed by atoms with Crippen LogP contribution in [-0.2, 0) is 9.59 Å². The number of carbonyl (C=O) groups excluding carboxylic acids is 1. The summed E-state index contributed by atoms with van der Waals surface area (Å²) >= 11 is 0. The van der Waals surface area contributed by atoms with Gasteiger partial charge in [-0.25, -0.2) is 4.79 Å². The number of carbonyl (C=O) groups is 2. The molecule has 0 aliphatic heterocycles. The highest BCUT2D eigenvalue weighted by atomic mass is 16.4. The number of carboxylic acids is 1. The van der Waals surface area contributed by atoms with Crippen molar-refractivity contribution < 1.29 is 14.7 Å². The number of carboxylic acid groups (broad SMARTS) is 1. The minimum absolute atomic E-state index is 0.0764. The van der Waals surface area contributed by atoms with Crippen molar-refractivity contribution in [2.24, 2.45) is 11.7 Å². The molecule has 1 atom stereocenters. The van der Waals surface area contributed by atoms with E-state index in [2.05, 4.69) is 0 Å². The van der Waals surface area contributed by atoms with Gasteiger partial charge in [0, 0.05) is 12.5 Å². The van der Waals surface area contributed by atoms with Gasteiger partial charge in [-0.15, -0.1) is 0 Å². The van der Waals surface area contributed by atoms with Crippen molar-refractivity contribution in [2.45, 2.75) is 26.3 Å². The minimum Gasteiger partial charge on any atom is -0.476 e. The third-order valence-corrected chi connectivity index (χ3v) is 1.52. The normalized spacial score (nSPS) is 13.1. The van der Waals surface area contributed by atoms with Crippen LogP contribution in [0.25, 0.3) is 0 Å². The monoisotopic (exact) mass is 159 g/mol. The molecule has 11 heavy (non-hydrogen) atoms. The van der Waals surface area contributed by atoms with Crippen molar-refractivity contribution in [3.05, 3.63) is 0 Å². The molecule has 0 fully saturated rings. The molecule has 0 rings (SSSR count). The molecule has 0 aromatic rings. The summed E-state index contributed by atoms with van der Waals surface area (Å²) in [6.07, 6.45) is -0.0764. The highest BCUT2D eigenvalue weighted by Gasteiger charge is 2.17. The number of ketones is 1. The van der Waals surface area contributed by atoms with E-state index in [4.69, 9.17) is 10.8 Å². The highest BCUT2D eigenvalue weighted by molar-refractivity contribution is 6.32. The second kappa shape index (κ2) is 4.08. The fourth-order valence-electron chi connectivity index (χ4n) is 0.537. The van der Waals surface area contributed by atoms with E-state index in [1.54, 1.807) is 0 Å². The van der Waals surface area contributed by atoms with Gasteiger partial charge in [0.05, 0.1) is 0 Å². The van der Waals surface area contributed by atoms with E-state index in [-0.39, 0.29) is 18.4 Å². The zero-order valence-electron chi connectivity index (χ0n) is 6.70. The number of nitrogens with two attached hydrogens (primary N) is 1. The van der Waals surface area contributed by atoms with E-state index in [0.717, 1.165) is 0 Å². The number of Topliss-reactive ketones (excluding diaryl/α,β-unsaturated/α-hetero) is 1. The van der Waals surface area contributed by atoms with Crippen LogP contribution in [-0.4, -0.2) is 22.9 Å². The zero-order valence-corrected chi connectivity index (χ0v) is 6.70. The smallest absolute Gasteiger partial charge is 0.372 e. The third-order valence-electron chi connectivity index (χ3n) is 1.52. The van der Waals surface area contributed by atoms with Crippen molar-refractivity contribution in [2.75, 3.05) is 0 Å². The van der Waals surface area contributed by atoms with Crippen molar-refractivity contribution in [1.29, 1.82) is 0 Å². The summed E-state index contributed by atoms with van der Waals surface area (Å²) in [7, 11) is 0. The maximum absolute atomic E-state index is 10.6. The second-order valence-corrected chi connectivity index (χ2v) is 2.84. The molecular formula is C7H13NO3. The Morgan fingerprint density at radius 2 is 1.91 bits per heavy atom. The molecule has 1 unspecified atom stereocenters. The van der Waals surface area contributed by atoms with Crippen LogP contribution < -0.4 is 5.73 Å². The van der Waals surface area contributed by atoms with Gasteiger partial charge in [0.2, 0.25) is 5.78 Å². The molecule has 3 N–H and O–H groups in total. The van der Waals surface area contributed by atoms with Gasteiger partial charge >= 0.3 is 5.97 Å². The molecule has 0 amide bonds. The first-order chi connectivity index (χ1) is 4.95. The lowest BCUT2D eigenvalue weighted by atomic mass is 10.00. The molecule has 0 aliphatic rings. The van der Waals surface area contributed by atoms with Gasteiger partial charge in [-0.2, -0.15) is 0 Å². The molecule has 0 bridgehead atoms. The molecule has 4 nitrogen and oxygen atoms in total. The molecule has 64 valence electrons. The van der Waals surface area contributed by atoms with Gasteiger partial charge in [-0.05, 0) is 5.92 Å². The van der Waals surface area contributed by atoms with Crippen LogP contribution in [0.1, 0.15) is 20.3 Å². The lowest BCUT2D eigenvalue weighted by Crippen LogP contribution is -2.31. The molecule has 0 spiro atoms. The summed E-state index contributed by atoms with van der Waals surface area (Å²) in [5.74, 6) is -2.08. The Labute approximate surface area is 65.4 Å². The second-order valence-electron chi connectivity index (χ2n) is 2.84. The number of hydrogen-bond acceptors (Lipinski definition) is 3. The van der Waals surface area contributed by atoms with Crippen LogP contribution in [0.5, 0.6) is 0 Å². The van der Waals surface area contributed by atoms with Crippen LogP contribution in [0.2, 0.25) is 0 Å². The Hall–Kier alpha value is -0.900. The first-order valence-corrected chi connectivity index (χ1v) is 3.47. The van der Waals surface area contributed by atoms with Gasteiger partial charge in [0.1, 0.15) is 0 Å². The number of hydrogen-bond donors (Lipinski definition) is 2. The van der Waals surface area contributed by atoms with Crippen LogP contribution in [0.15, 0.2) is 0 Å². The molecule has 0 saturated heterocycles.